The van der Waals surface area contributed by atoms with Crippen LogP contribution in [0.25, 0.3) is 0 Å². The maximum Gasteiger partial charge on any atom is 0.224 e. The number of anilines is 2. The Morgan fingerprint density at radius 2 is 2.12 bits per heavy atom. The van der Waals surface area contributed by atoms with Gasteiger partial charge in [0.2, 0.25) is 5.91 Å². The summed E-state index contributed by atoms with van der Waals surface area (Å²) in [7, 11) is 1.62. The van der Waals surface area contributed by atoms with Crippen molar-refractivity contribution >= 4 is 17.5 Å². The minimum Gasteiger partial charge on any atom is -0.384 e. The summed E-state index contributed by atoms with van der Waals surface area (Å²) in [5, 5.41) is 3.17. The highest BCUT2D eigenvalue weighted by atomic mass is 16.5. The number of methoxy groups -OCH3 is 1. The fourth-order valence-corrected chi connectivity index (χ4v) is 3.19. The molecule has 0 atom stereocenters. The molecular weight excluding hydrogens is 330 g/mol. The van der Waals surface area contributed by atoms with Crippen molar-refractivity contribution in [3.63, 3.8) is 0 Å². The SMILES string of the molecule is COCCC(=O)N1CCC(Cc2cccc(Nc3cnccn3)n2)CC1. The number of likely N-dealkylation sites (tertiary alicyclic amines) is 1. The van der Waals surface area contributed by atoms with Crippen LogP contribution in [0, 0.1) is 5.92 Å². The topological polar surface area (TPSA) is 80.2 Å². The quantitative estimate of drug-likeness (QED) is 0.822. The molecule has 0 radical (unpaired) electrons. The molecule has 1 aliphatic rings. The lowest BCUT2D eigenvalue weighted by Gasteiger charge is -2.32. The van der Waals surface area contributed by atoms with Gasteiger partial charge in [0.25, 0.3) is 0 Å². The molecule has 1 amide bonds. The average Bonchev–Trinajstić information content (AvgIpc) is 2.68. The van der Waals surface area contributed by atoms with Crippen molar-refractivity contribution in [3.8, 4) is 0 Å². The zero-order valence-corrected chi connectivity index (χ0v) is 15.1. The van der Waals surface area contributed by atoms with Gasteiger partial charge >= 0.3 is 0 Å². The van der Waals surface area contributed by atoms with Crippen LogP contribution in [0.1, 0.15) is 25.0 Å². The number of aromatic nitrogens is 3. The largest absolute Gasteiger partial charge is 0.384 e. The standard InChI is InChI=1S/C19H25N5O2/c1-26-12-7-19(25)24-10-5-15(6-11-24)13-16-3-2-4-17(22-16)23-18-14-20-8-9-21-18/h2-4,8-9,14-15H,5-7,10-13H2,1H3,(H,21,22,23). The number of pyridine rings is 1. The number of carbonyl (C=O) groups excluding carboxylic acids is 1. The van der Waals surface area contributed by atoms with Crippen LogP contribution in [0.5, 0.6) is 0 Å². The highest BCUT2D eigenvalue weighted by Crippen LogP contribution is 2.22. The zero-order chi connectivity index (χ0) is 18.2. The Bertz CT molecular complexity index is 702. The zero-order valence-electron chi connectivity index (χ0n) is 15.1. The normalized spacial score (nSPS) is 15.0. The first kappa shape index (κ1) is 18.3. The van der Waals surface area contributed by atoms with E-state index in [4.69, 9.17) is 4.74 Å². The van der Waals surface area contributed by atoms with E-state index in [9.17, 15) is 4.79 Å². The lowest BCUT2D eigenvalue weighted by atomic mass is 9.92. The van der Waals surface area contributed by atoms with Crippen molar-refractivity contribution in [1.29, 1.82) is 0 Å². The number of nitrogens with zero attached hydrogens (tertiary/aromatic N) is 4. The summed E-state index contributed by atoms with van der Waals surface area (Å²) in [5.41, 5.74) is 1.06. The molecule has 0 unspecified atom stereocenters. The van der Waals surface area contributed by atoms with Gasteiger partial charge in [-0.3, -0.25) is 9.78 Å². The Kier molecular flexibility index (Phi) is 6.49. The van der Waals surface area contributed by atoms with Gasteiger partial charge in [-0.05, 0) is 37.3 Å². The minimum atomic E-state index is 0.193. The summed E-state index contributed by atoms with van der Waals surface area (Å²) in [5.74, 6) is 2.20. The van der Waals surface area contributed by atoms with Gasteiger partial charge in [0, 0.05) is 38.3 Å². The molecule has 1 saturated heterocycles. The number of hydrogen-bond donors (Lipinski definition) is 1. The highest BCUT2D eigenvalue weighted by molar-refractivity contribution is 5.76. The van der Waals surface area contributed by atoms with Gasteiger partial charge in [-0.1, -0.05) is 6.07 Å². The van der Waals surface area contributed by atoms with Gasteiger partial charge in [-0.2, -0.15) is 0 Å². The second kappa shape index (κ2) is 9.24. The predicted octanol–water partition coefficient (Wildman–Crippen LogP) is 2.43. The van der Waals surface area contributed by atoms with Crippen LogP contribution in [0.2, 0.25) is 0 Å². The summed E-state index contributed by atoms with van der Waals surface area (Å²) >= 11 is 0. The van der Waals surface area contributed by atoms with E-state index in [-0.39, 0.29) is 5.91 Å². The molecule has 0 aliphatic carbocycles. The smallest absolute Gasteiger partial charge is 0.224 e. The third kappa shape index (κ3) is 5.23. The van der Waals surface area contributed by atoms with Crippen LogP contribution in [0.15, 0.2) is 36.8 Å². The molecule has 0 spiro atoms. The second-order valence-corrected chi connectivity index (χ2v) is 6.50. The summed E-state index contributed by atoms with van der Waals surface area (Å²) in [4.78, 5) is 26.9. The maximum absolute atomic E-state index is 12.1. The van der Waals surface area contributed by atoms with E-state index < -0.39 is 0 Å². The summed E-state index contributed by atoms with van der Waals surface area (Å²) in [6, 6.07) is 5.98. The van der Waals surface area contributed by atoms with E-state index in [1.807, 2.05) is 17.0 Å². The number of carbonyl (C=O) groups is 1. The number of ether oxygens (including phenoxy) is 1. The van der Waals surface area contributed by atoms with Crippen LogP contribution < -0.4 is 5.32 Å². The Morgan fingerprint density at radius 1 is 1.27 bits per heavy atom. The molecule has 2 aromatic rings. The number of nitrogens with one attached hydrogen (secondary N) is 1. The maximum atomic E-state index is 12.1. The molecule has 0 saturated carbocycles. The molecule has 1 N–H and O–H groups in total. The Labute approximate surface area is 153 Å². The second-order valence-electron chi connectivity index (χ2n) is 6.50. The van der Waals surface area contributed by atoms with Crippen molar-refractivity contribution in [2.75, 3.05) is 32.1 Å². The van der Waals surface area contributed by atoms with Crippen molar-refractivity contribution < 1.29 is 9.53 Å². The summed E-state index contributed by atoms with van der Waals surface area (Å²) in [6.07, 6.45) is 8.39. The molecule has 7 heteroatoms. The van der Waals surface area contributed by atoms with Crippen molar-refractivity contribution in [2.45, 2.75) is 25.7 Å². The molecule has 7 nitrogen and oxygen atoms in total. The molecule has 1 aliphatic heterocycles. The van der Waals surface area contributed by atoms with E-state index in [0.717, 1.165) is 43.9 Å². The molecule has 2 aromatic heterocycles. The average molecular weight is 355 g/mol. The van der Waals surface area contributed by atoms with Gasteiger partial charge in [0.1, 0.15) is 11.6 Å². The number of piperidine rings is 1. The first-order chi connectivity index (χ1) is 12.7. The van der Waals surface area contributed by atoms with Gasteiger partial charge in [0.15, 0.2) is 0 Å². The van der Waals surface area contributed by atoms with Crippen LogP contribution >= 0.6 is 0 Å². The Hall–Kier alpha value is -2.54. The van der Waals surface area contributed by atoms with E-state index in [0.29, 0.717) is 24.8 Å². The molecular formula is C19H25N5O2. The van der Waals surface area contributed by atoms with E-state index in [1.54, 1.807) is 25.7 Å². The first-order valence-electron chi connectivity index (χ1n) is 9.00. The monoisotopic (exact) mass is 355 g/mol. The van der Waals surface area contributed by atoms with Crippen LogP contribution in [-0.2, 0) is 16.0 Å². The Morgan fingerprint density at radius 3 is 2.85 bits per heavy atom. The fraction of sp³-hybridized carbons (Fsp3) is 0.474. The number of amides is 1. The molecule has 1 fully saturated rings. The molecule has 3 rings (SSSR count). The number of hydrogen-bond acceptors (Lipinski definition) is 6. The van der Waals surface area contributed by atoms with E-state index >= 15 is 0 Å². The molecule has 138 valence electrons. The van der Waals surface area contributed by atoms with Gasteiger partial charge in [-0.15, -0.1) is 0 Å². The molecule has 3 heterocycles. The highest BCUT2D eigenvalue weighted by Gasteiger charge is 2.23. The molecule has 26 heavy (non-hydrogen) atoms. The van der Waals surface area contributed by atoms with Gasteiger partial charge < -0.3 is 15.0 Å². The number of rotatable bonds is 7. The van der Waals surface area contributed by atoms with Crippen LogP contribution in [0.3, 0.4) is 0 Å². The predicted molar refractivity (Wildman–Crippen MR) is 99.1 cm³/mol. The summed E-state index contributed by atoms with van der Waals surface area (Å²) in [6.45, 7) is 2.14. The lowest BCUT2D eigenvalue weighted by molar-refractivity contribution is -0.133. The van der Waals surface area contributed by atoms with Gasteiger partial charge in [0.05, 0.1) is 19.2 Å². The lowest BCUT2D eigenvalue weighted by Crippen LogP contribution is -2.39. The fourth-order valence-electron chi connectivity index (χ4n) is 3.19. The van der Waals surface area contributed by atoms with Crippen LogP contribution in [0.4, 0.5) is 11.6 Å². The van der Waals surface area contributed by atoms with Crippen molar-refractivity contribution in [1.82, 2.24) is 19.9 Å². The molecule has 0 aromatic carbocycles. The van der Waals surface area contributed by atoms with Crippen LogP contribution in [-0.4, -0.2) is 52.6 Å². The van der Waals surface area contributed by atoms with E-state index in [2.05, 4.69) is 26.3 Å². The summed E-state index contributed by atoms with van der Waals surface area (Å²) < 4.78 is 4.99. The van der Waals surface area contributed by atoms with Gasteiger partial charge in [-0.25, -0.2) is 9.97 Å². The first-order valence-corrected chi connectivity index (χ1v) is 9.00. The third-order valence-corrected chi connectivity index (χ3v) is 4.61. The van der Waals surface area contributed by atoms with E-state index in [1.165, 1.54) is 0 Å². The third-order valence-electron chi connectivity index (χ3n) is 4.61. The minimum absolute atomic E-state index is 0.193. The van der Waals surface area contributed by atoms with Crippen molar-refractivity contribution in [2.24, 2.45) is 5.92 Å². The molecule has 0 bridgehead atoms. The van der Waals surface area contributed by atoms with Crippen molar-refractivity contribution in [3.05, 3.63) is 42.5 Å². The Balaban J connectivity index is 1.51.